The number of nitrogens with one attached hydrogen (secondary N) is 1. The second-order valence-corrected chi connectivity index (χ2v) is 6.53. The van der Waals surface area contributed by atoms with Crippen LogP contribution in [-0.4, -0.2) is 18.9 Å². The van der Waals surface area contributed by atoms with E-state index in [4.69, 9.17) is 5.73 Å². The lowest BCUT2D eigenvalue weighted by atomic mass is 9.95. The molecule has 3 heteroatoms. The van der Waals surface area contributed by atoms with Gasteiger partial charge in [-0.2, -0.15) is 0 Å². The van der Waals surface area contributed by atoms with Gasteiger partial charge in [-0.15, -0.1) is 0 Å². The predicted molar refractivity (Wildman–Crippen MR) is 118 cm³/mol. The van der Waals surface area contributed by atoms with Gasteiger partial charge in [-0.05, 0) is 47.2 Å². The fourth-order valence-corrected chi connectivity index (χ4v) is 3.60. The largest absolute Gasteiger partial charge is 0.398 e. The summed E-state index contributed by atoms with van der Waals surface area (Å²) in [4.78, 5) is 4.65. The summed E-state index contributed by atoms with van der Waals surface area (Å²) in [6.07, 6.45) is 3.03. The quantitative estimate of drug-likeness (QED) is 0.646. The van der Waals surface area contributed by atoms with E-state index in [0.29, 0.717) is 0 Å². The molecule has 0 saturated heterocycles. The van der Waals surface area contributed by atoms with E-state index in [1.807, 2.05) is 26.0 Å². The summed E-state index contributed by atoms with van der Waals surface area (Å²) in [6.45, 7) is 5.84. The Morgan fingerprint density at radius 3 is 2.41 bits per heavy atom. The number of hydrogen-bond acceptors (Lipinski definition) is 3. The van der Waals surface area contributed by atoms with Crippen molar-refractivity contribution in [1.82, 2.24) is 5.32 Å². The number of benzene rings is 3. The van der Waals surface area contributed by atoms with Gasteiger partial charge in [-0.25, -0.2) is 0 Å². The van der Waals surface area contributed by atoms with Gasteiger partial charge in [0.05, 0.1) is 0 Å². The molecule has 0 aromatic heterocycles. The first-order valence-corrected chi connectivity index (χ1v) is 9.95. The van der Waals surface area contributed by atoms with E-state index in [2.05, 4.69) is 58.8 Å². The molecule has 0 radical (unpaired) electrons. The van der Waals surface area contributed by atoms with Crippen molar-refractivity contribution < 1.29 is 0 Å². The molecule has 0 amide bonds. The monoisotopic (exact) mass is 359 g/mol. The number of rotatable bonds is 4. The van der Waals surface area contributed by atoms with E-state index < -0.39 is 0 Å². The molecule has 4 rings (SSSR count). The van der Waals surface area contributed by atoms with Crippen molar-refractivity contribution in [3.8, 4) is 0 Å². The zero-order valence-electron chi connectivity index (χ0n) is 16.3. The minimum absolute atomic E-state index is 0.809. The van der Waals surface area contributed by atoms with Crippen molar-refractivity contribution in [3.63, 3.8) is 0 Å². The summed E-state index contributed by atoms with van der Waals surface area (Å²) in [5.74, 6) is 0.956. The highest BCUT2D eigenvalue weighted by Crippen LogP contribution is 2.23. The fraction of sp³-hybridized carbons (Fsp3) is 0.292. The molecule has 1 heterocycles. The van der Waals surface area contributed by atoms with Crippen LogP contribution in [0, 0.1) is 0 Å². The standard InChI is InChI=1S/C22H23N3.C2H6/c23-20-11-4-9-18(21(20)22-24-14-5-15-25-22)13-12-17-8-3-7-16-6-1-2-10-19(16)17;1-2/h1-4,6-11H,5,12-15,23H2,(H,24,25);1-2H3. The molecule has 3 aromatic rings. The van der Waals surface area contributed by atoms with Gasteiger partial charge in [0.25, 0.3) is 0 Å². The van der Waals surface area contributed by atoms with Crippen LogP contribution in [0.2, 0.25) is 0 Å². The molecule has 0 atom stereocenters. The van der Waals surface area contributed by atoms with Crippen LogP contribution in [-0.2, 0) is 12.8 Å². The summed E-state index contributed by atoms with van der Waals surface area (Å²) in [5.41, 5.74) is 10.8. The Hall–Kier alpha value is -2.81. The molecule has 3 N–H and O–H groups in total. The summed E-state index contributed by atoms with van der Waals surface area (Å²) in [6, 6.07) is 21.3. The van der Waals surface area contributed by atoms with Crippen molar-refractivity contribution in [1.29, 1.82) is 0 Å². The number of hydrogen-bond donors (Lipinski definition) is 2. The van der Waals surface area contributed by atoms with Crippen LogP contribution in [0.5, 0.6) is 0 Å². The van der Waals surface area contributed by atoms with Crippen LogP contribution in [0.1, 0.15) is 37.0 Å². The zero-order chi connectivity index (χ0) is 19.1. The third-order valence-electron chi connectivity index (χ3n) is 4.86. The molecule has 0 saturated carbocycles. The highest BCUT2D eigenvalue weighted by molar-refractivity contribution is 6.04. The second-order valence-electron chi connectivity index (χ2n) is 6.53. The summed E-state index contributed by atoms with van der Waals surface area (Å²) in [5, 5.41) is 6.05. The maximum atomic E-state index is 6.29. The van der Waals surface area contributed by atoms with Crippen molar-refractivity contribution in [2.75, 3.05) is 18.8 Å². The van der Waals surface area contributed by atoms with Gasteiger partial charge in [0.15, 0.2) is 0 Å². The van der Waals surface area contributed by atoms with Crippen LogP contribution >= 0.6 is 0 Å². The van der Waals surface area contributed by atoms with E-state index in [-0.39, 0.29) is 0 Å². The van der Waals surface area contributed by atoms with Gasteiger partial charge in [-0.1, -0.05) is 68.4 Å². The van der Waals surface area contributed by atoms with Crippen LogP contribution < -0.4 is 11.1 Å². The Labute approximate surface area is 162 Å². The molecule has 0 fully saturated rings. The third kappa shape index (κ3) is 4.30. The molecule has 0 spiro atoms. The molecule has 0 unspecified atom stereocenters. The topological polar surface area (TPSA) is 50.4 Å². The molecule has 1 aliphatic heterocycles. The number of nitrogen functional groups attached to an aromatic ring is 1. The molecular weight excluding hydrogens is 330 g/mol. The Morgan fingerprint density at radius 1 is 0.889 bits per heavy atom. The van der Waals surface area contributed by atoms with Crippen LogP contribution in [0.15, 0.2) is 65.7 Å². The van der Waals surface area contributed by atoms with E-state index in [1.165, 1.54) is 21.9 Å². The van der Waals surface area contributed by atoms with Gasteiger partial charge in [0, 0.05) is 24.3 Å². The number of anilines is 1. The van der Waals surface area contributed by atoms with Gasteiger partial charge >= 0.3 is 0 Å². The van der Waals surface area contributed by atoms with Gasteiger partial charge < -0.3 is 11.1 Å². The number of fused-ring (bicyclic) bond motifs is 1. The Kier molecular flexibility index (Phi) is 6.48. The van der Waals surface area contributed by atoms with E-state index in [0.717, 1.165) is 49.4 Å². The van der Waals surface area contributed by atoms with Crippen molar-refractivity contribution >= 4 is 22.3 Å². The smallest absolute Gasteiger partial charge is 0.130 e. The lowest BCUT2D eigenvalue weighted by Gasteiger charge is -2.19. The number of nitrogens with zero attached hydrogens (tertiary/aromatic N) is 1. The van der Waals surface area contributed by atoms with Gasteiger partial charge in [0.2, 0.25) is 0 Å². The molecule has 3 aromatic carbocycles. The Balaban J connectivity index is 0.00000102. The van der Waals surface area contributed by atoms with E-state index in [1.54, 1.807) is 0 Å². The first-order valence-electron chi connectivity index (χ1n) is 9.95. The minimum Gasteiger partial charge on any atom is -0.398 e. The minimum atomic E-state index is 0.809. The van der Waals surface area contributed by atoms with Gasteiger partial charge in [-0.3, -0.25) is 4.99 Å². The first-order chi connectivity index (χ1) is 13.3. The SMILES string of the molecule is CC.Nc1cccc(CCc2cccc3ccccc23)c1C1=NCCCN1. The second kappa shape index (κ2) is 9.22. The summed E-state index contributed by atoms with van der Waals surface area (Å²) in [7, 11) is 0. The van der Waals surface area contributed by atoms with Crippen LogP contribution in [0.4, 0.5) is 5.69 Å². The molecule has 1 aliphatic rings. The van der Waals surface area contributed by atoms with E-state index >= 15 is 0 Å². The Morgan fingerprint density at radius 2 is 1.59 bits per heavy atom. The zero-order valence-corrected chi connectivity index (χ0v) is 16.3. The number of aliphatic imine (C=N–C) groups is 1. The third-order valence-corrected chi connectivity index (χ3v) is 4.86. The number of nitrogens with two attached hydrogens (primary N) is 1. The van der Waals surface area contributed by atoms with Crippen LogP contribution in [0.3, 0.4) is 0 Å². The molecule has 140 valence electrons. The van der Waals surface area contributed by atoms with Crippen LogP contribution in [0.25, 0.3) is 10.8 Å². The summed E-state index contributed by atoms with van der Waals surface area (Å²) >= 11 is 0. The molecule has 27 heavy (non-hydrogen) atoms. The Bertz CT molecular complexity index is 923. The first kappa shape index (κ1) is 19.0. The normalized spacial score (nSPS) is 13.3. The molecule has 0 bridgehead atoms. The average molecular weight is 360 g/mol. The predicted octanol–water partition coefficient (Wildman–Crippen LogP) is 4.97. The van der Waals surface area contributed by atoms with Gasteiger partial charge in [0.1, 0.15) is 5.84 Å². The lowest BCUT2D eigenvalue weighted by molar-refractivity contribution is 0.741. The van der Waals surface area contributed by atoms with Crippen molar-refractivity contribution in [3.05, 3.63) is 77.4 Å². The maximum Gasteiger partial charge on any atom is 0.130 e. The molecule has 0 aliphatic carbocycles. The maximum absolute atomic E-state index is 6.29. The number of aryl methyl sites for hydroxylation is 2. The molecule has 3 nitrogen and oxygen atoms in total. The average Bonchev–Trinajstić information content (AvgIpc) is 2.74. The lowest BCUT2D eigenvalue weighted by Crippen LogP contribution is -2.31. The van der Waals surface area contributed by atoms with E-state index in [9.17, 15) is 0 Å². The van der Waals surface area contributed by atoms with Crippen molar-refractivity contribution in [2.24, 2.45) is 4.99 Å². The highest BCUT2D eigenvalue weighted by Gasteiger charge is 2.15. The number of amidine groups is 1. The van der Waals surface area contributed by atoms with Crippen molar-refractivity contribution in [2.45, 2.75) is 33.1 Å². The molecular formula is C24H29N3. The summed E-state index contributed by atoms with van der Waals surface area (Å²) < 4.78 is 0. The fourth-order valence-electron chi connectivity index (χ4n) is 3.60. The highest BCUT2D eigenvalue weighted by atomic mass is 15.0.